The second kappa shape index (κ2) is 3.59. The highest BCUT2D eigenvalue weighted by Crippen LogP contribution is 2.64. The van der Waals surface area contributed by atoms with Gasteiger partial charge in [0.05, 0.1) is 5.92 Å². The summed E-state index contributed by atoms with van der Waals surface area (Å²) >= 11 is 0. The molecule has 2 nitrogen and oxygen atoms in total. The molecule has 4 atom stereocenters. The largest absolute Gasteiger partial charge is 0.369 e. The highest BCUT2D eigenvalue weighted by atomic mass is 16.1. The second-order valence-corrected chi connectivity index (χ2v) is 5.83. The van der Waals surface area contributed by atoms with Crippen LogP contribution in [0.15, 0.2) is 24.3 Å². The normalized spacial score (nSPS) is 34.1. The summed E-state index contributed by atoms with van der Waals surface area (Å²) in [7, 11) is 0. The maximum atomic E-state index is 11.6. The van der Waals surface area contributed by atoms with Gasteiger partial charge in [0.15, 0.2) is 0 Å². The van der Waals surface area contributed by atoms with E-state index in [1.54, 1.807) is 0 Å². The van der Waals surface area contributed by atoms with E-state index in [2.05, 4.69) is 32.0 Å². The van der Waals surface area contributed by atoms with Gasteiger partial charge in [-0.25, -0.2) is 0 Å². The molecular formula is C15H19NO. The van der Waals surface area contributed by atoms with Gasteiger partial charge in [-0.05, 0) is 41.2 Å². The summed E-state index contributed by atoms with van der Waals surface area (Å²) in [5, 5.41) is 0. The lowest BCUT2D eigenvalue weighted by molar-refractivity contribution is -0.119. The summed E-state index contributed by atoms with van der Waals surface area (Å²) in [6.45, 7) is 4.57. The lowest BCUT2D eigenvalue weighted by atomic mass is 9.82. The van der Waals surface area contributed by atoms with Crippen molar-refractivity contribution < 1.29 is 4.79 Å². The molecule has 3 rings (SSSR count). The first-order chi connectivity index (χ1) is 8.11. The molecule has 90 valence electrons. The number of rotatable bonds is 2. The van der Waals surface area contributed by atoms with Crippen LogP contribution in [0.4, 0.5) is 0 Å². The van der Waals surface area contributed by atoms with Gasteiger partial charge in [-0.3, -0.25) is 4.79 Å². The molecule has 0 radical (unpaired) electrons. The average molecular weight is 229 g/mol. The van der Waals surface area contributed by atoms with Crippen molar-refractivity contribution in [3.05, 3.63) is 35.4 Å². The minimum atomic E-state index is -0.162. The van der Waals surface area contributed by atoms with Crippen LogP contribution in [0.2, 0.25) is 0 Å². The van der Waals surface area contributed by atoms with Crippen LogP contribution in [-0.4, -0.2) is 5.91 Å². The SMILES string of the molecule is CC(C)C1C2CC(C(N)=O)c3ccccc3C21. The van der Waals surface area contributed by atoms with E-state index in [0.717, 1.165) is 12.3 Å². The molecule has 17 heavy (non-hydrogen) atoms. The van der Waals surface area contributed by atoms with Gasteiger partial charge in [0, 0.05) is 0 Å². The predicted molar refractivity (Wildman–Crippen MR) is 67.6 cm³/mol. The van der Waals surface area contributed by atoms with Crippen LogP contribution < -0.4 is 5.73 Å². The molecule has 0 bridgehead atoms. The van der Waals surface area contributed by atoms with Crippen LogP contribution in [0, 0.1) is 17.8 Å². The van der Waals surface area contributed by atoms with Crippen molar-refractivity contribution in [1.29, 1.82) is 0 Å². The molecule has 0 spiro atoms. The van der Waals surface area contributed by atoms with Crippen molar-refractivity contribution >= 4 is 5.91 Å². The molecule has 1 aromatic rings. The first-order valence-electron chi connectivity index (χ1n) is 6.49. The minimum Gasteiger partial charge on any atom is -0.369 e. The van der Waals surface area contributed by atoms with Gasteiger partial charge in [-0.1, -0.05) is 38.1 Å². The number of carbonyl (C=O) groups excluding carboxylic acids is 1. The van der Waals surface area contributed by atoms with E-state index in [4.69, 9.17) is 5.73 Å². The Bertz CT molecular complexity index is 466. The molecule has 1 fully saturated rings. The highest BCUT2D eigenvalue weighted by Gasteiger charge is 2.56. The van der Waals surface area contributed by atoms with Crippen molar-refractivity contribution in [1.82, 2.24) is 0 Å². The van der Waals surface area contributed by atoms with Crippen LogP contribution in [0.25, 0.3) is 0 Å². The lowest BCUT2D eigenvalue weighted by Gasteiger charge is -2.22. The molecule has 2 aliphatic carbocycles. The lowest BCUT2D eigenvalue weighted by Crippen LogP contribution is -2.24. The van der Waals surface area contributed by atoms with Gasteiger partial charge in [-0.15, -0.1) is 0 Å². The molecule has 1 saturated carbocycles. The molecule has 4 unspecified atom stereocenters. The third kappa shape index (κ3) is 1.50. The van der Waals surface area contributed by atoms with E-state index >= 15 is 0 Å². The number of nitrogens with two attached hydrogens (primary N) is 1. The molecule has 0 aliphatic heterocycles. The van der Waals surface area contributed by atoms with Crippen molar-refractivity contribution in [3.63, 3.8) is 0 Å². The van der Waals surface area contributed by atoms with Crippen molar-refractivity contribution in [2.45, 2.75) is 32.1 Å². The van der Waals surface area contributed by atoms with Gasteiger partial charge >= 0.3 is 0 Å². The zero-order valence-electron chi connectivity index (χ0n) is 10.4. The van der Waals surface area contributed by atoms with E-state index in [1.165, 1.54) is 11.1 Å². The van der Waals surface area contributed by atoms with Crippen molar-refractivity contribution in [2.75, 3.05) is 0 Å². The number of carbonyl (C=O) groups is 1. The van der Waals surface area contributed by atoms with E-state index in [1.807, 2.05) is 6.07 Å². The molecule has 2 heteroatoms. The topological polar surface area (TPSA) is 43.1 Å². The Morgan fingerprint density at radius 3 is 2.53 bits per heavy atom. The van der Waals surface area contributed by atoms with Gasteiger partial charge < -0.3 is 5.73 Å². The summed E-state index contributed by atoms with van der Waals surface area (Å²) in [6, 6.07) is 8.36. The Labute approximate surface area is 102 Å². The van der Waals surface area contributed by atoms with Crippen molar-refractivity contribution in [2.24, 2.45) is 23.5 Å². The quantitative estimate of drug-likeness (QED) is 0.832. The number of hydrogen-bond acceptors (Lipinski definition) is 1. The highest BCUT2D eigenvalue weighted by molar-refractivity contribution is 5.83. The molecule has 0 heterocycles. The Morgan fingerprint density at radius 2 is 1.94 bits per heavy atom. The van der Waals surface area contributed by atoms with Crippen LogP contribution >= 0.6 is 0 Å². The maximum Gasteiger partial charge on any atom is 0.224 e. The smallest absolute Gasteiger partial charge is 0.224 e. The second-order valence-electron chi connectivity index (χ2n) is 5.83. The summed E-state index contributed by atoms with van der Waals surface area (Å²) < 4.78 is 0. The Hall–Kier alpha value is -1.31. The molecule has 2 N–H and O–H groups in total. The van der Waals surface area contributed by atoms with Gasteiger partial charge in [0.1, 0.15) is 0 Å². The Kier molecular flexibility index (Phi) is 2.29. The molecular weight excluding hydrogens is 210 g/mol. The summed E-state index contributed by atoms with van der Waals surface area (Å²) in [5.74, 6) is 2.59. The van der Waals surface area contributed by atoms with Crippen molar-refractivity contribution in [3.8, 4) is 0 Å². The Balaban J connectivity index is 2.02. The molecule has 0 aromatic heterocycles. The van der Waals surface area contributed by atoms with Crippen LogP contribution in [0.5, 0.6) is 0 Å². The number of hydrogen-bond donors (Lipinski definition) is 1. The average Bonchev–Trinajstić information content (AvgIpc) is 3.02. The third-order valence-electron chi connectivity index (χ3n) is 4.58. The standard InChI is InChI=1S/C15H19NO/c1-8(2)13-12-7-11(15(16)17)9-5-3-4-6-10(9)14(12)13/h3-6,8,11-14H,7H2,1-2H3,(H2,16,17). The van der Waals surface area contributed by atoms with Crippen LogP contribution in [0.1, 0.15) is 43.2 Å². The van der Waals surface area contributed by atoms with E-state index in [9.17, 15) is 4.79 Å². The van der Waals surface area contributed by atoms with E-state index < -0.39 is 0 Å². The fourth-order valence-corrected chi connectivity index (χ4v) is 3.85. The number of primary amides is 1. The molecule has 0 saturated heterocycles. The van der Waals surface area contributed by atoms with Crippen LogP contribution in [-0.2, 0) is 4.79 Å². The first-order valence-corrected chi connectivity index (χ1v) is 6.49. The zero-order valence-corrected chi connectivity index (χ0v) is 10.4. The molecule has 2 aliphatic rings. The molecule has 1 amide bonds. The first kappa shape index (κ1) is 10.8. The van der Waals surface area contributed by atoms with E-state index in [0.29, 0.717) is 17.8 Å². The van der Waals surface area contributed by atoms with E-state index in [-0.39, 0.29) is 11.8 Å². The minimum absolute atomic E-state index is 0.0591. The fourth-order valence-electron chi connectivity index (χ4n) is 3.85. The predicted octanol–water partition coefficient (Wildman–Crippen LogP) is 2.64. The summed E-state index contributed by atoms with van der Waals surface area (Å²) in [5.41, 5.74) is 8.11. The Morgan fingerprint density at radius 1 is 1.29 bits per heavy atom. The summed E-state index contributed by atoms with van der Waals surface area (Å²) in [6.07, 6.45) is 0.958. The maximum absolute atomic E-state index is 11.6. The monoisotopic (exact) mass is 229 g/mol. The fraction of sp³-hybridized carbons (Fsp3) is 0.533. The molecule has 1 aromatic carbocycles. The summed E-state index contributed by atoms with van der Waals surface area (Å²) in [4.78, 5) is 11.6. The van der Waals surface area contributed by atoms with Crippen LogP contribution in [0.3, 0.4) is 0 Å². The van der Waals surface area contributed by atoms with Gasteiger partial charge in [-0.2, -0.15) is 0 Å². The number of benzene rings is 1. The van der Waals surface area contributed by atoms with Gasteiger partial charge in [0.25, 0.3) is 0 Å². The number of fused-ring (bicyclic) bond motifs is 3. The van der Waals surface area contributed by atoms with Gasteiger partial charge in [0.2, 0.25) is 5.91 Å². The number of amides is 1. The zero-order chi connectivity index (χ0) is 12.2. The third-order valence-corrected chi connectivity index (χ3v) is 4.58.